The van der Waals surface area contributed by atoms with Crippen LogP contribution in [-0.2, 0) is 4.74 Å². The molecule has 3 nitrogen and oxygen atoms in total. The maximum atomic E-state index is 5.33. The zero-order valence-corrected chi connectivity index (χ0v) is 8.96. The Morgan fingerprint density at radius 1 is 1.00 bits per heavy atom. The molecule has 0 unspecified atom stereocenters. The molecule has 0 aromatic heterocycles. The summed E-state index contributed by atoms with van der Waals surface area (Å²) in [5.41, 5.74) is 0. The Balaban J connectivity index is 2.03. The largest absolute Gasteiger partial charge is 0.380 e. The van der Waals surface area contributed by atoms with E-state index in [1.807, 2.05) is 0 Å². The fourth-order valence-electron chi connectivity index (χ4n) is 1.67. The van der Waals surface area contributed by atoms with Gasteiger partial charge in [0, 0.05) is 39.3 Å². The zero-order chi connectivity index (χ0) is 9.52. The van der Waals surface area contributed by atoms with Crippen LogP contribution in [0.2, 0.25) is 0 Å². The van der Waals surface area contributed by atoms with E-state index in [-0.39, 0.29) is 0 Å². The average Bonchev–Trinajstić information content (AvgIpc) is 2.19. The first-order valence-corrected chi connectivity index (χ1v) is 5.39. The van der Waals surface area contributed by atoms with Crippen LogP contribution in [-0.4, -0.2) is 62.3 Å². The van der Waals surface area contributed by atoms with Crippen LogP contribution < -0.4 is 0 Å². The average molecular weight is 186 g/mol. The number of nitrogens with zero attached hydrogens (tertiary/aromatic N) is 2. The normalized spacial score (nSPS) is 20.8. The molecule has 78 valence electrons. The van der Waals surface area contributed by atoms with Gasteiger partial charge in [0.05, 0.1) is 6.61 Å². The molecule has 0 atom stereocenters. The molecule has 0 saturated carbocycles. The van der Waals surface area contributed by atoms with Gasteiger partial charge in [-0.1, -0.05) is 6.92 Å². The molecule has 0 radical (unpaired) electrons. The first-order chi connectivity index (χ1) is 6.36. The smallest absolute Gasteiger partial charge is 0.0593 e. The monoisotopic (exact) mass is 186 g/mol. The Bertz CT molecular complexity index is 119. The Morgan fingerprint density at radius 2 is 1.62 bits per heavy atom. The number of likely N-dealkylation sites (N-methyl/N-ethyl adjacent to an activating group) is 1. The predicted octanol–water partition coefficient (Wildman–Crippen LogP) is 0.660. The molecule has 1 heterocycles. The van der Waals surface area contributed by atoms with Gasteiger partial charge in [-0.3, -0.25) is 4.90 Å². The number of piperazine rings is 1. The zero-order valence-electron chi connectivity index (χ0n) is 8.96. The second-order valence-corrected chi connectivity index (χ2v) is 3.47. The van der Waals surface area contributed by atoms with Gasteiger partial charge in [0.1, 0.15) is 0 Å². The summed E-state index contributed by atoms with van der Waals surface area (Å²) in [5.74, 6) is 0. The van der Waals surface area contributed by atoms with Crippen molar-refractivity contribution in [2.75, 3.05) is 52.5 Å². The van der Waals surface area contributed by atoms with E-state index in [9.17, 15) is 0 Å². The molecule has 1 aliphatic heterocycles. The van der Waals surface area contributed by atoms with Crippen LogP contribution >= 0.6 is 0 Å². The van der Waals surface area contributed by atoms with Gasteiger partial charge >= 0.3 is 0 Å². The Kier molecular flexibility index (Phi) is 5.35. The fourth-order valence-corrected chi connectivity index (χ4v) is 1.67. The predicted molar refractivity (Wildman–Crippen MR) is 55.0 cm³/mol. The van der Waals surface area contributed by atoms with Crippen LogP contribution in [0.3, 0.4) is 0 Å². The first-order valence-electron chi connectivity index (χ1n) is 5.39. The molecule has 0 aromatic rings. The van der Waals surface area contributed by atoms with E-state index in [4.69, 9.17) is 4.74 Å². The molecule has 0 spiro atoms. The lowest BCUT2D eigenvalue weighted by Gasteiger charge is -2.33. The van der Waals surface area contributed by atoms with Gasteiger partial charge in [0.25, 0.3) is 0 Å². The minimum Gasteiger partial charge on any atom is -0.380 e. The maximum Gasteiger partial charge on any atom is 0.0593 e. The third-order valence-corrected chi connectivity index (χ3v) is 2.67. The molecule has 1 saturated heterocycles. The highest BCUT2D eigenvalue weighted by molar-refractivity contribution is 4.70. The Labute approximate surface area is 81.7 Å². The summed E-state index contributed by atoms with van der Waals surface area (Å²) >= 11 is 0. The minimum atomic E-state index is 0.842. The molecule has 0 N–H and O–H groups in total. The van der Waals surface area contributed by atoms with Gasteiger partial charge in [-0.15, -0.1) is 0 Å². The highest BCUT2D eigenvalue weighted by Gasteiger charge is 2.14. The van der Waals surface area contributed by atoms with Gasteiger partial charge in [-0.2, -0.15) is 0 Å². The van der Waals surface area contributed by atoms with Gasteiger partial charge in [0.15, 0.2) is 0 Å². The van der Waals surface area contributed by atoms with Crippen LogP contribution in [0, 0.1) is 0 Å². The number of rotatable bonds is 5. The summed E-state index contributed by atoms with van der Waals surface area (Å²) in [4.78, 5) is 4.99. The van der Waals surface area contributed by atoms with Gasteiger partial charge < -0.3 is 9.64 Å². The number of hydrogen-bond acceptors (Lipinski definition) is 3. The quantitative estimate of drug-likeness (QED) is 0.587. The van der Waals surface area contributed by atoms with Crippen LogP contribution in [0.15, 0.2) is 0 Å². The Morgan fingerprint density at radius 3 is 2.15 bits per heavy atom. The standard InChI is InChI=1S/C10H22N2O/c1-3-11-5-7-12(8-6-11)9-10-13-4-2/h3-10H2,1-2H3. The summed E-state index contributed by atoms with van der Waals surface area (Å²) in [6, 6.07) is 0. The lowest BCUT2D eigenvalue weighted by Crippen LogP contribution is -2.47. The Hall–Kier alpha value is -0.120. The van der Waals surface area contributed by atoms with Gasteiger partial charge in [-0.05, 0) is 13.5 Å². The topological polar surface area (TPSA) is 15.7 Å². The molecule has 13 heavy (non-hydrogen) atoms. The molecule has 1 aliphatic rings. The van der Waals surface area contributed by atoms with Crippen molar-refractivity contribution >= 4 is 0 Å². The van der Waals surface area contributed by atoms with E-state index in [1.165, 1.54) is 32.7 Å². The van der Waals surface area contributed by atoms with E-state index in [0.29, 0.717) is 0 Å². The summed E-state index contributed by atoms with van der Waals surface area (Å²) in [6.45, 7) is 13.2. The van der Waals surface area contributed by atoms with Crippen molar-refractivity contribution < 1.29 is 4.74 Å². The van der Waals surface area contributed by atoms with E-state index >= 15 is 0 Å². The SMILES string of the molecule is CCOCCN1CCN(CC)CC1. The molecule has 1 rings (SSSR count). The van der Waals surface area contributed by atoms with Crippen molar-refractivity contribution in [3.8, 4) is 0 Å². The number of ether oxygens (including phenoxy) is 1. The summed E-state index contributed by atoms with van der Waals surface area (Å²) < 4.78 is 5.33. The third kappa shape index (κ3) is 4.07. The van der Waals surface area contributed by atoms with Crippen LogP contribution in [0.4, 0.5) is 0 Å². The lowest BCUT2D eigenvalue weighted by atomic mass is 10.3. The highest BCUT2D eigenvalue weighted by Crippen LogP contribution is 2.00. The lowest BCUT2D eigenvalue weighted by molar-refractivity contribution is 0.0826. The van der Waals surface area contributed by atoms with Crippen molar-refractivity contribution in [1.29, 1.82) is 0 Å². The summed E-state index contributed by atoms with van der Waals surface area (Å²) in [5, 5.41) is 0. The van der Waals surface area contributed by atoms with Crippen LogP contribution in [0.25, 0.3) is 0 Å². The molecule has 0 aromatic carbocycles. The molecule has 3 heteroatoms. The molecular formula is C10H22N2O. The van der Waals surface area contributed by atoms with Crippen molar-refractivity contribution in [2.24, 2.45) is 0 Å². The molecule has 0 aliphatic carbocycles. The second-order valence-electron chi connectivity index (χ2n) is 3.47. The van der Waals surface area contributed by atoms with E-state index < -0.39 is 0 Å². The summed E-state index contributed by atoms with van der Waals surface area (Å²) in [7, 11) is 0. The second kappa shape index (κ2) is 6.35. The maximum absolute atomic E-state index is 5.33. The van der Waals surface area contributed by atoms with Crippen molar-refractivity contribution in [1.82, 2.24) is 9.80 Å². The van der Waals surface area contributed by atoms with Gasteiger partial charge in [-0.25, -0.2) is 0 Å². The van der Waals surface area contributed by atoms with Crippen molar-refractivity contribution in [2.45, 2.75) is 13.8 Å². The third-order valence-electron chi connectivity index (χ3n) is 2.67. The minimum absolute atomic E-state index is 0.842. The molecular weight excluding hydrogens is 164 g/mol. The molecule has 0 bridgehead atoms. The first kappa shape index (κ1) is 11.0. The van der Waals surface area contributed by atoms with E-state index in [2.05, 4.69) is 23.6 Å². The van der Waals surface area contributed by atoms with E-state index in [0.717, 1.165) is 19.8 Å². The molecule has 1 fully saturated rings. The van der Waals surface area contributed by atoms with Crippen LogP contribution in [0.5, 0.6) is 0 Å². The highest BCUT2D eigenvalue weighted by atomic mass is 16.5. The summed E-state index contributed by atoms with van der Waals surface area (Å²) in [6.07, 6.45) is 0. The number of hydrogen-bond donors (Lipinski definition) is 0. The fraction of sp³-hybridized carbons (Fsp3) is 1.00. The molecule has 0 amide bonds. The van der Waals surface area contributed by atoms with Gasteiger partial charge in [0.2, 0.25) is 0 Å². The van der Waals surface area contributed by atoms with Crippen LogP contribution in [0.1, 0.15) is 13.8 Å². The van der Waals surface area contributed by atoms with Crippen molar-refractivity contribution in [3.63, 3.8) is 0 Å². The van der Waals surface area contributed by atoms with Crippen molar-refractivity contribution in [3.05, 3.63) is 0 Å². The van der Waals surface area contributed by atoms with E-state index in [1.54, 1.807) is 0 Å².